The van der Waals surface area contributed by atoms with E-state index in [-0.39, 0.29) is 10.1 Å². The molecule has 0 spiro atoms. The van der Waals surface area contributed by atoms with E-state index in [0.29, 0.717) is 21.4 Å². The largest absolute Gasteiger partial charge is 0.544 e. The molecule has 0 aliphatic heterocycles. The van der Waals surface area contributed by atoms with Crippen LogP contribution >= 0.6 is 35.0 Å². The minimum Gasteiger partial charge on any atom is -0.544 e. The predicted octanol–water partition coefficient (Wildman–Crippen LogP) is 3.66. The zero-order chi connectivity index (χ0) is 17.8. The van der Waals surface area contributed by atoms with E-state index in [9.17, 15) is 9.90 Å². The molecule has 0 fully saturated rings. The second kappa shape index (κ2) is 7.74. The molecule has 1 heterocycles. The van der Waals surface area contributed by atoms with Gasteiger partial charge in [0, 0.05) is 20.5 Å². The fourth-order valence-corrected chi connectivity index (χ4v) is 2.92. The van der Waals surface area contributed by atoms with E-state index in [1.165, 1.54) is 6.08 Å². The van der Waals surface area contributed by atoms with E-state index in [4.69, 9.17) is 23.2 Å². The Morgan fingerprint density at radius 1 is 1.04 bits per heavy atom. The Hall–Kier alpha value is -2.28. The summed E-state index contributed by atoms with van der Waals surface area (Å²) in [5.41, 5.74) is 1.48. The van der Waals surface area contributed by atoms with Crippen LogP contribution in [0, 0.1) is 0 Å². The molecule has 0 saturated heterocycles. The summed E-state index contributed by atoms with van der Waals surface area (Å²) in [6.45, 7) is 0. The molecule has 2 aromatic carbocycles. The number of carboxylic acid groups (broad SMARTS) is 1. The van der Waals surface area contributed by atoms with Gasteiger partial charge in [0.15, 0.2) is 5.82 Å². The number of thioether (sulfide) groups is 1. The number of nitrogens with one attached hydrogen (secondary N) is 1. The fraction of sp³-hybridized carbons (Fsp3) is 0. The smallest absolute Gasteiger partial charge is 0.213 e. The lowest BCUT2D eigenvalue weighted by atomic mass is 10.2. The van der Waals surface area contributed by atoms with Gasteiger partial charge in [-0.1, -0.05) is 35.3 Å². The minimum atomic E-state index is -1.31. The number of hydrogen-bond acceptors (Lipinski definition) is 5. The highest BCUT2D eigenvalue weighted by Gasteiger charge is 2.10. The molecule has 3 aromatic rings. The van der Waals surface area contributed by atoms with Crippen molar-refractivity contribution in [3.05, 3.63) is 69.0 Å². The van der Waals surface area contributed by atoms with Crippen molar-refractivity contribution in [2.24, 2.45) is 0 Å². The van der Waals surface area contributed by atoms with Gasteiger partial charge in [0.1, 0.15) is 0 Å². The van der Waals surface area contributed by atoms with Gasteiger partial charge in [-0.25, -0.2) is 4.98 Å². The summed E-state index contributed by atoms with van der Waals surface area (Å²) < 4.78 is 0. The number of carboxylic acids is 1. The third-order valence-corrected chi connectivity index (χ3v) is 4.53. The van der Waals surface area contributed by atoms with Gasteiger partial charge in [-0.05, 0) is 59.8 Å². The molecule has 1 N–H and O–H groups in total. The first kappa shape index (κ1) is 17.5. The average Bonchev–Trinajstić information content (AvgIpc) is 3.05. The number of H-pyrrole nitrogens is 1. The van der Waals surface area contributed by atoms with Crippen LogP contribution in [-0.4, -0.2) is 21.2 Å². The summed E-state index contributed by atoms with van der Waals surface area (Å²) in [6, 6.07) is 13.8. The SMILES string of the molecule is O=C([O-])/C(=C/c1ccc(Cl)cc1)Sc1n[nH]c(-c2ccc(Cl)cc2)n1. The van der Waals surface area contributed by atoms with Gasteiger partial charge < -0.3 is 9.90 Å². The Morgan fingerprint density at radius 2 is 1.64 bits per heavy atom. The van der Waals surface area contributed by atoms with Gasteiger partial charge in [-0.2, -0.15) is 0 Å². The Bertz CT molecular complexity index is 922. The first-order chi connectivity index (χ1) is 12.0. The van der Waals surface area contributed by atoms with Crippen molar-refractivity contribution < 1.29 is 9.90 Å². The Kier molecular flexibility index (Phi) is 5.43. The molecule has 5 nitrogen and oxygen atoms in total. The quantitative estimate of drug-likeness (QED) is 0.530. The third kappa shape index (κ3) is 4.63. The van der Waals surface area contributed by atoms with E-state index in [0.717, 1.165) is 17.3 Å². The number of aromatic nitrogens is 3. The Balaban J connectivity index is 1.82. The predicted molar refractivity (Wildman–Crippen MR) is 97.1 cm³/mol. The summed E-state index contributed by atoms with van der Waals surface area (Å²) in [5, 5.41) is 19.6. The van der Waals surface area contributed by atoms with Crippen LogP contribution in [0.4, 0.5) is 0 Å². The summed E-state index contributed by atoms with van der Waals surface area (Å²) in [4.78, 5) is 15.7. The maximum atomic E-state index is 11.4. The normalized spacial score (nSPS) is 11.5. The lowest BCUT2D eigenvalue weighted by molar-refractivity contribution is -0.297. The summed E-state index contributed by atoms with van der Waals surface area (Å²) in [7, 11) is 0. The number of carbonyl (C=O) groups excluding carboxylic acids is 1. The molecular formula is C17H10Cl2N3O2S-. The molecule has 0 atom stereocenters. The van der Waals surface area contributed by atoms with Crippen LogP contribution in [0.15, 0.2) is 58.6 Å². The molecule has 0 aliphatic carbocycles. The fourth-order valence-electron chi connectivity index (χ4n) is 1.97. The Morgan fingerprint density at radius 3 is 2.24 bits per heavy atom. The van der Waals surface area contributed by atoms with Crippen LogP contribution in [0.5, 0.6) is 0 Å². The highest BCUT2D eigenvalue weighted by atomic mass is 35.5. The molecular weight excluding hydrogens is 381 g/mol. The third-order valence-electron chi connectivity index (χ3n) is 3.15. The summed E-state index contributed by atoms with van der Waals surface area (Å²) in [5.74, 6) is -0.791. The van der Waals surface area contributed by atoms with Gasteiger partial charge in [-0.15, -0.1) is 5.10 Å². The van der Waals surface area contributed by atoms with Crippen molar-refractivity contribution >= 4 is 47.0 Å². The van der Waals surface area contributed by atoms with Gasteiger partial charge in [-0.3, -0.25) is 5.10 Å². The van der Waals surface area contributed by atoms with Crippen molar-refractivity contribution in [1.82, 2.24) is 15.2 Å². The molecule has 126 valence electrons. The standard InChI is InChI=1S/C17H11Cl2N3O2S/c18-12-5-1-10(2-6-12)9-14(16(23)24)25-17-20-15(21-22-17)11-3-7-13(19)8-4-11/h1-9H,(H,23,24)(H,20,21,22)/p-1/b14-9-. The zero-order valence-electron chi connectivity index (χ0n) is 12.6. The number of carbonyl (C=O) groups is 1. The molecule has 0 amide bonds. The number of rotatable bonds is 5. The topological polar surface area (TPSA) is 81.7 Å². The molecule has 1 aromatic heterocycles. The average molecular weight is 391 g/mol. The lowest BCUT2D eigenvalue weighted by Crippen LogP contribution is -2.23. The molecule has 0 aliphatic rings. The number of hydrogen-bond donors (Lipinski definition) is 1. The zero-order valence-corrected chi connectivity index (χ0v) is 14.9. The van der Waals surface area contributed by atoms with E-state index < -0.39 is 5.97 Å². The highest BCUT2D eigenvalue weighted by Crippen LogP contribution is 2.27. The van der Waals surface area contributed by atoms with Crippen LogP contribution in [0.1, 0.15) is 5.56 Å². The molecule has 3 rings (SSSR count). The van der Waals surface area contributed by atoms with Crippen molar-refractivity contribution in [3.8, 4) is 11.4 Å². The molecule has 25 heavy (non-hydrogen) atoms. The number of aliphatic carboxylic acids is 1. The monoisotopic (exact) mass is 390 g/mol. The maximum Gasteiger partial charge on any atom is 0.213 e. The van der Waals surface area contributed by atoms with Crippen molar-refractivity contribution in [2.75, 3.05) is 0 Å². The number of halogens is 2. The summed E-state index contributed by atoms with van der Waals surface area (Å²) in [6.07, 6.45) is 1.48. The molecule has 0 radical (unpaired) electrons. The molecule has 8 heteroatoms. The van der Waals surface area contributed by atoms with Gasteiger partial charge in [0.05, 0.1) is 5.97 Å². The van der Waals surface area contributed by atoms with Gasteiger partial charge in [0.2, 0.25) is 5.16 Å². The van der Waals surface area contributed by atoms with Gasteiger partial charge in [0.25, 0.3) is 0 Å². The van der Waals surface area contributed by atoms with E-state index >= 15 is 0 Å². The second-order valence-corrected chi connectivity index (χ2v) is 6.81. The second-order valence-electron chi connectivity index (χ2n) is 4.92. The first-order valence-corrected chi connectivity index (χ1v) is 8.63. The number of benzene rings is 2. The van der Waals surface area contributed by atoms with Crippen molar-refractivity contribution in [2.45, 2.75) is 5.16 Å². The van der Waals surface area contributed by atoms with Gasteiger partial charge >= 0.3 is 0 Å². The summed E-state index contributed by atoms with van der Waals surface area (Å²) >= 11 is 12.6. The number of aromatic amines is 1. The molecule has 0 saturated carbocycles. The lowest BCUT2D eigenvalue weighted by Gasteiger charge is -2.05. The van der Waals surface area contributed by atoms with Crippen LogP contribution in [-0.2, 0) is 4.79 Å². The van der Waals surface area contributed by atoms with Crippen LogP contribution in [0.3, 0.4) is 0 Å². The van der Waals surface area contributed by atoms with Crippen LogP contribution in [0.25, 0.3) is 17.5 Å². The van der Waals surface area contributed by atoms with E-state index in [2.05, 4.69) is 15.2 Å². The van der Waals surface area contributed by atoms with Crippen molar-refractivity contribution in [3.63, 3.8) is 0 Å². The molecule has 0 bridgehead atoms. The van der Waals surface area contributed by atoms with Crippen LogP contribution < -0.4 is 5.11 Å². The number of nitrogens with zero attached hydrogens (tertiary/aromatic N) is 2. The van der Waals surface area contributed by atoms with Crippen LogP contribution in [0.2, 0.25) is 10.0 Å². The maximum absolute atomic E-state index is 11.4. The van der Waals surface area contributed by atoms with E-state index in [1.54, 1.807) is 48.5 Å². The Labute approximate surface area is 157 Å². The first-order valence-electron chi connectivity index (χ1n) is 7.06. The van der Waals surface area contributed by atoms with E-state index in [1.807, 2.05) is 0 Å². The van der Waals surface area contributed by atoms with Crippen molar-refractivity contribution in [1.29, 1.82) is 0 Å². The molecule has 0 unspecified atom stereocenters. The minimum absolute atomic E-state index is 0.0102. The highest BCUT2D eigenvalue weighted by molar-refractivity contribution is 8.04.